The maximum absolute atomic E-state index is 13.8. The number of esters is 1. The van der Waals surface area contributed by atoms with Crippen LogP contribution in [0.25, 0.3) is 0 Å². The van der Waals surface area contributed by atoms with E-state index < -0.39 is 81.0 Å². The maximum atomic E-state index is 13.8. The monoisotopic (exact) mass is 611 g/mol. The van der Waals surface area contributed by atoms with Crippen LogP contribution in [0.1, 0.15) is 6.92 Å². The molecule has 1 N–H and O–H groups in total. The summed E-state index contributed by atoms with van der Waals surface area (Å²) < 4.78 is 251. The van der Waals surface area contributed by atoms with Gasteiger partial charge in [-0.05, 0) is 6.92 Å². The van der Waals surface area contributed by atoms with Crippen molar-refractivity contribution in [2.75, 3.05) is 12.5 Å². The van der Waals surface area contributed by atoms with Gasteiger partial charge in [0.2, 0.25) is 9.84 Å². The van der Waals surface area contributed by atoms with Gasteiger partial charge < -0.3 is 10.1 Å². The Balaban J connectivity index is 6.67. The predicted octanol–water partition coefficient (Wildman–Crippen LogP) is 4.99. The van der Waals surface area contributed by atoms with Gasteiger partial charge in [0.15, 0.2) is 0 Å². The lowest BCUT2D eigenvalue weighted by Crippen LogP contribution is -2.75. The SMILES string of the molecule is C=C(NCS(=O)(=O)C(F)(F)C(F)(F)C(F)(F)C(F)(F)C(F)(F)C(F)(F)C(F)(F)C(F)(F)F)C(=O)OCC. The summed E-state index contributed by atoms with van der Waals surface area (Å²) in [6.07, 6.45) is -7.91. The zero-order valence-corrected chi connectivity index (χ0v) is 17.9. The van der Waals surface area contributed by atoms with E-state index in [0.717, 1.165) is 12.2 Å². The molecule has 0 heterocycles. The zero-order chi connectivity index (χ0) is 30.5. The number of alkyl halides is 17. The number of carbonyl (C=O) groups excluding carboxylic acids is 1. The van der Waals surface area contributed by atoms with E-state index in [1.54, 1.807) is 0 Å². The van der Waals surface area contributed by atoms with E-state index in [0.29, 0.717) is 0 Å². The summed E-state index contributed by atoms with van der Waals surface area (Å²) in [5, 5.41) is -6.70. The molecule has 0 spiro atoms. The van der Waals surface area contributed by atoms with Crippen LogP contribution in [0.15, 0.2) is 12.3 Å². The zero-order valence-electron chi connectivity index (χ0n) is 17.1. The lowest BCUT2D eigenvalue weighted by molar-refractivity contribution is -0.458. The minimum Gasteiger partial charge on any atom is -0.461 e. The third kappa shape index (κ3) is 4.98. The predicted molar refractivity (Wildman–Crippen MR) is 83.4 cm³/mol. The molecule has 0 atom stereocenters. The number of nitrogens with one attached hydrogen (secondary N) is 1. The molecule has 0 rings (SSSR count). The molecular formula is C14H10F17NO4S. The van der Waals surface area contributed by atoms with Crippen molar-refractivity contribution in [2.45, 2.75) is 53.9 Å². The maximum Gasteiger partial charge on any atom is 0.460 e. The van der Waals surface area contributed by atoms with Crippen molar-refractivity contribution in [3.8, 4) is 0 Å². The Hall–Kier alpha value is -2.23. The second kappa shape index (κ2) is 9.50. The van der Waals surface area contributed by atoms with E-state index in [9.17, 15) is 87.8 Å². The molecular weight excluding hydrogens is 601 g/mol. The molecule has 0 aromatic heterocycles. The standard InChI is InChI=1S/C14H10F17NO4S/c1-3-36-6(33)5(2)32-4-37(34,35)14(30,31)12(25,26)10(21,22)8(17,18)7(15,16)9(19,20)11(23,24)13(27,28)29/h32H,2-4H2,1H3. The third-order valence-corrected chi connectivity index (χ3v) is 5.64. The van der Waals surface area contributed by atoms with E-state index >= 15 is 0 Å². The fourth-order valence-electron chi connectivity index (χ4n) is 1.91. The molecule has 0 fully saturated rings. The highest BCUT2D eigenvalue weighted by molar-refractivity contribution is 7.92. The topological polar surface area (TPSA) is 72.5 Å². The van der Waals surface area contributed by atoms with Crippen molar-refractivity contribution < 1.29 is 92.6 Å². The summed E-state index contributed by atoms with van der Waals surface area (Å²) >= 11 is 0. The molecule has 0 saturated heterocycles. The van der Waals surface area contributed by atoms with Gasteiger partial charge in [0.25, 0.3) is 0 Å². The van der Waals surface area contributed by atoms with Crippen LogP contribution in [-0.4, -0.2) is 73.8 Å². The van der Waals surface area contributed by atoms with Crippen LogP contribution in [0.2, 0.25) is 0 Å². The van der Waals surface area contributed by atoms with Gasteiger partial charge in [-0.15, -0.1) is 0 Å². The van der Waals surface area contributed by atoms with Crippen LogP contribution in [0.4, 0.5) is 74.6 Å². The minimum absolute atomic E-state index is 0.506. The summed E-state index contributed by atoms with van der Waals surface area (Å²) in [5.74, 6) is -56.5. The van der Waals surface area contributed by atoms with Gasteiger partial charge in [0, 0.05) is 0 Å². The summed E-state index contributed by atoms with van der Waals surface area (Å²) in [6.45, 7) is 3.21. The first kappa shape index (κ1) is 34.8. The van der Waals surface area contributed by atoms with E-state index in [1.165, 1.54) is 0 Å². The van der Waals surface area contributed by atoms with E-state index in [4.69, 9.17) is 0 Å². The number of rotatable bonds is 12. The Labute approximate surface area is 193 Å². The van der Waals surface area contributed by atoms with Crippen molar-refractivity contribution in [2.24, 2.45) is 0 Å². The molecule has 23 heteroatoms. The Morgan fingerprint density at radius 2 is 1.00 bits per heavy atom. The number of carbonyl (C=O) groups is 1. The van der Waals surface area contributed by atoms with Crippen LogP contribution in [0, 0.1) is 0 Å². The van der Waals surface area contributed by atoms with Gasteiger partial charge in [0.05, 0.1) is 6.61 Å². The highest BCUT2D eigenvalue weighted by Crippen LogP contribution is 2.64. The number of sulfone groups is 1. The average molecular weight is 611 g/mol. The van der Waals surface area contributed by atoms with Gasteiger partial charge in [-0.25, -0.2) is 13.2 Å². The fraction of sp³-hybridized carbons (Fsp3) is 0.786. The molecule has 37 heavy (non-hydrogen) atoms. The van der Waals surface area contributed by atoms with Crippen LogP contribution < -0.4 is 5.32 Å². The Kier molecular flexibility index (Phi) is 8.93. The second-order valence-electron chi connectivity index (χ2n) is 6.60. The van der Waals surface area contributed by atoms with Crippen molar-refractivity contribution in [3.63, 3.8) is 0 Å². The van der Waals surface area contributed by atoms with Gasteiger partial charge in [-0.1, -0.05) is 6.58 Å². The lowest BCUT2D eigenvalue weighted by Gasteiger charge is -2.42. The van der Waals surface area contributed by atoms with Crippen LogP contribution >= 0.6 is 0 Å². The number of ether oxygens (including phenoxy) is 1. The third-order valence-electron chi connectivity index (χ3n) is 4.08. The number of hydrogen-bond donors (Lipinski definition) is 1. The van der Waals surface area contributed by atoms with E-state index in [2.05, 4.69) is 11.3 Å². The molecule has 220 valence electrons. The Bertz CT molecular complexity index is 986. The van der Waals surface area contributed by atoms with Crippen molar-refractivity contribution in [3.05, 3.63) is 12.3 Å². The van der Waals surface area contributed by atoms with Gasteiger partial charge in [0.1, 0.15) is 11.6 Å². The summed E-state index contributed by atoms with van der Waals surface area (Å²) in [6, 6.07) is 0. The largest absolute Gasteiger partial charge is 0.461 e. The molecule has 0 saturated carbocycles. The van der Waals surface area contributed by atoms with Gasteiger partial charge >= 0.3 is 52.9 Å². The molecule has 0 radical (unpaired) electrons. The van der Waals surface area contributed by atoms with Crippen molar-refractivity contribution >= 4 is 15.8 Å². The first-order valence-electron chi connectivity index (χ1n) is 8.40. The molecule has 0 aliphatic rings. The van der Waals surface area contributed by atoms with Crippen molar-refractivity contribution in [1.82, 2.24) is 5.32 Å². The highest BCUT2D eigenvalue weighted by atomic mass is 32.2. The molecule has 0 bridgehead atoms. The second-order valence-corrected chi connectivity index (χ2v) is 8.63. The molecule has 0 unspecified atom stereocenters. The summed E-state index contributed by atoms with van der Waals surface area (Å²) in [4.78, 5) is 11.1. The van der Waals surface area contributed by atoms with E-state index in [1.807, 2.05) is 0 Å². The minimum atomic E-state index is -8.91. The number of halogens is 17. The quantitative estimate of drug-likeness (QED) is 0.191. The molecule has 0 aliphatic carbocycles. The van der Waals surface area contributed by atoms with Crippen LogP contribution in [0.5, 0.6) is 0 Å². The van der Waals surface area contributed by atoms with Gasteiger partial charge in [-0.2, -0.15) is 74.6 Å². The summed E-state index contributed by atoms with van der Waals surface area (Å²) in [5.41, 5.74) is -1.37. The fourth-order valence-corrected chi connectivity index (χ4v) is 2.97. The molecule has 0 amide bonds. The molecule has 0 aromatic carbocycles. The molecule has 5 nitrogen and oxygen atoms in total. The van der Waals surface area contributed by atoms with Crippen molar-refractivity contribution in [1.29, 1.82) is 0 Å². The smallest absolute Gasteiger partial charge is 0.460 e. The average Bonchev–Trinajstić information content (AvgIpc) is 2.70. The molecule has 0 aromatic rings. The normalized spacial score (nSPS) is 15.4. The highest BCUT2D eigenvalue weighted by Gasteiger charge is 2.96. The summed E-state index contributed by atoms with van der Waals surface area (Å²) in [7, 11) is -7.37. The van der Waals surface area contributed by atoms with Gasteiger partial charge in [-0.3, -0.25) is 0 Å². The lowest BCUT2D eigenvalue weighted by atomic mass is 9.91. The first-order chi connectivity index (χ1) is 15.9. The van der Waals surface area contributed by atoms with E-state index in [-0.39, 0.29) is 0 Å². The molecule has 0 aliphatic heterocycles. The van der Waals surface area contributed by atoms with Crippen LogP contribution in [0.3, 0.4) is 0 Å². The Morgan fingerprint density at radius 1 is 0.676 bits per heavy atom. The first-order valence-corrected chi connectivity index (χ1v) is 10.1. The Morgan fingerprint density at radius 3 is 1.32 bits per heavy atom. The number of hydrogen-bond acceptors (Lipinski definition) is 5. The van der Waals surface area contributed by atoms with Crippen LogP contribution in [-0.2, 0) is 19.4 Å².